The second kappa shape index (κ2) is 5.90. The molecule has 0 aliphatic rings. The Hall–Kier alpha value is -2.24. The van der Waals surface area contributed by atoms with Gasteiger partial charge in [-0.3, -0.25) is 0 Å². The van der Waals surface area contributed by atoms with Crippen molar-refractivity contribution in [1.29, 1.82) is 0 Å². The molecule has 0 atom stereocenters. The Morgan fingerprint density at radius 3 is 1.33 bits per heavy atom. The second-order valence-corrected chi connectivity index (χ2v) is 3.20. The third kappa shape index (κ3) is 2.37. The predicted molar refractivity (Wildman–Crippen MR) is 62.2 cm³/mol. The summed E-state index contributed by atoms with van der Waals surface area (Å²) in [7, 11) is 5.19. The molecule has 1 aromatic rings. The van der Waals surface area contributed by atoms with Crippen molar-refractivity contribution in [3.05, 3.63) is 23.3 Å². The van der Waals surface area contributed by atoms with Gasteiger partial charge in [-0.25, -0.2) is 9.59 Å². The summed E-state index contributed by atoms with van der Waals surface area (Å²) in [6, 6.07) is 3.02. The van der Waals surface area contributed by atoms with E-state index < -0.39 is 11.9 Å². The van der Waals surface area contributed by atoms with Crippen molar-refractivity contribution < 1.29 is 28.5 Å². The molecule has 6 heteroatoms. The molecule has 0 saturated heterocycles. The average Bonchev–Trinajstić information content (AvgIpc) is 2.43. The highest BCUT2D eigenvalue weighted by atomic mass is 16.5. The molecule has 0 heterocycles. The Morgan fingerprint density at radius 1 is 0.778 bits per heavy atom. The maximum absolute atomic E-state index is 11.7. The first-order valence-corrected chi connectivity index (χ1v) is 5.02. The number of benzene rings is 1. The van der Waals surface area contributed by atoms with Crippen LogP contribution in [0, 0.1) is 0 Å². The molecule has 0 fully saturated rings. The van der Waals surface area contributed by atoms with Crippen LogP contribution >= 0.6 is 0 Å². The molecule has 0 unspecified atom stereocenters. The highest BCUT2D eigenvalue weighted by Crippen LogP contribution is 2.31. The van der Waals surface area contributed by atoms with Gasteiger partial charge in [0.05, 0.1) is 28.4 Å². The summed E-state index contributed by atoms with van der Waals surface area (Å²) < 4.78 is 19.3. The molecule has 0 aliphatic carbocycles. The van der Waals surface area contributed by atoms with Gasteiger partial charge in [-0.05, 0) is 12.1 Å². The van der Waals surface area contributed by atoms with E-state index in [0.29, 0.717) is 0 Å². The SMILES string of the molecule is COC(=O)c1c(OC)ccc(OC)c1C(=O)OC. The fourth-order valence-corrected chi connectivity index (χ4v) is 1.51. The summed E-state index contributed by atoms with van der Waals surface area (Å²) in [5.41, 5.74) is -0.0441. The van der Waals surface area contributed by atoms with E-state index in [-0.39, 0.29) is 22.6 Å². The van der Waals surface area contributed by atoms with Crippen molar-refractivity contribution >= 4 is 11.9 Å². The maximum atomic E-state index is 11.7. The molecule has 6 nitrogen and oxygen atoms in total. The van der Waals surface area contributed by atoms with Crippen LogP contribution in [0.3, 0.4) is 0 Å². The minimum Gasteiger partial charge on any atom is -0.496 e. The second-order valence-electron chi connectivity index (χ2n) is 3.20. The Balaban J connectivity index is 3.58. The topological polar surface area (TPSA) is 71.1 Å². The van der Waals surface area contributed by atoms with Crippen LogP contribution in [-0.4, -0.2) is 40.4 Å². The summed E-state index contributed by atoms with van der Waals surface area (Å²) >= 11 is 0. The molecule has 0 N–H and O–H groups in total. The molecule has 18 heavy (non-hydrogen) atoms. The van der Waals surface area contributed by atoms with E-state index in [9.17, 15) is 9.59 Å². The lowest BCUT2D eigenvalue weighted by Gasteiger charge is -2.14. The predicted octanol–water partition coefficient (Wildman–Crippen LogP) is 1.28. The maximum Gasteiger partial charge on any atom is 0.342 e. The Kier molecular flexibility index (Phi) is 4.53. The summed E-state index contributed by atoms with van der Waals surface area (Å²) in [6.07, 6.45) is 0. The van der Waals surface area contributed by atoms with Gasteiger partial charge in [0.2, 0.25) is 0 Å². The number of ether oxygens (including phenoxy) is 4. The van der Waals surface area contributed by atoms with Crippen LogP contribution in [-0.2, 0) is 9.47 Å². The largest absolute Gasteiger partial charge is 0.496 e. The number of hydrogen-bond acceptors (Lipinski definition) is 6. The first-order chi connectivity index (χ1) is 8.60. The van der Waals surface area contributed by atoms with Crippen molar-refractivity contribution in [2.75, 3.05) is 28.4 Å². The molecule has 1 aromatic carbocycles. The Bertz CT molecular complexity index is 423. The summed E-state index contributed by atoms with van der Waals surface area (Å²) in [6.45, 7) is 0. The van der Waals surface area contributed by atoms with E-state index in [1.54, 1.807) is 0 Å². The van der Waals surface area contributed by atoms with Gasteiger partial charge in [0.1, 0.15) is 22.6 Å². The van der Waals surface area contributed by atoms with Gasteiger partial charge in [0.25, 0.3) is 0 Å². The van der Waals surface area contributed by atoms with Crippen molar-refractivity contribution in [2.45, 2.75) is 0 Å². The molecule has 0 saturated carbocycles. The van der Waals surface area contributed by atoms with Crippen LogP contribution in [0.15, 0.2) is 12.1 Å². The van der Waals surface area contributed by atoms with E-state index in [0.717, 1.165) is 0 Å². The van der Waals surface area contributed by atoms with Crippen molar-refractivity contribution in [3.8, 4) is 11.5 Å². The zero-order valence-corrected chi connectivity index (χ0v) is 10.6. The highest BCUT2D eigenvalue weighted by molar-refractivity contribution is 6.07. The minimum atomic E-state index is -0.703. The van der Waals surface area contributed by atoms with Crippen LogP contribution in [0.2, 0.25) is 0 Å². The van der Waals surface area contributed by atoms with Gasteiger partial charge in [-0.15, -0.1) is 0 Å². The van der Waals surface area contributed by atoms with Gasteiger partial charge >= 0.3 is 11.9 Å². The normalized spacial score (nSPS) is 9.56. The summed E-state index contributed by atoms with van der Waals surface area (Å²) in [5, 5.41) is 0. The number of carbonyl (C=O) groups excluding carboxylic acids is 2. The van der Waals surface area contributed by atoms with Crippen molar-refractivity contribution in [3.63, 3.8) is 0 Å². The Labute approximate surface area is 104 Å². The zero-order valence-electron chi connectivity index (χ0n) is 10.6. The number of esters is 2. The fraction of sp³-hybridized carbons (Fsp3) is 0.333. The van der Waals surface area contributed by atoms with E-state index in [2.05, 4.69) is 9.47 Å². The third-order valence-electron chi connectivity index (χ3n) is 2.35. The van der Waals surface area contributed by atoms with E-state index in [4.69, 9.17) is 9.47 Å². The standard InChI is InChI=1S/C12H14O6/c1-15-7-5-6-8(16-2)10(12(14)18-4)9(7)11(13)17-3/h5-6H,1-4H3. The number of carbonyl (C=O) groups is 2. The number of methoxy groups -OCH3 is 4. The molecule has 0 aliphatic heterocycles. The first kappa shape index (κ1) is 13.8. The molecule has 1 rings (SSSR count). The number of rotatable bonds is 4. The molecule has 0 aromatic heterocycles. The van der Waals surface area contributed by atoms with E-state index >= 15 is 0 Å². The van der Waals surface area contributed by atoms with E-state index in [1.807, 2.05) is 0 Å². The lowest BCUT2D eigenvalue weighted by Crippen LogP contribution is -2.14. The third-order valence-corrected chi connectivity index (χ3v) is 2.35. The van der Waals surface area contributed by atoms with Crippen LogP contribution < -0.4 is 9.47 Å². The Morgan fingerprint density at radius 2 is 1.11 bits per heavy atom. The molecule has 0 bridgehead atoms. The monoisotopic (exact) mass is 254 g/mol. The number of hydrogen-bond donors (Lipinski definition) is 0. The fourth-order valence-electron chi connectivity index (χ4n) is 1.51. The summed E-state index contributed by atoms with van der Waals surface area (Å²) in [4.78, 5) is 23.5. The molecule has 98 valence electrons. The van der Waals surface area contributed by atoms with Crippen LogP contribution in [0.1, 0.15) is 20.7 Å². The van der Waals surface area contributed by atoms with Crippen molar-refractivity contribution in [1.82, 2.24) is 0 Å². The smallest absolute Gasteiger partial charge is 0.342 e. The van der Waals surface area contributed by atoms with Crippen LogP contribution in [0.5, 0.6) is 11.5 Å². The molecular weight excluding hydrogens is 240 g/mol. The lowest BCUT2D eigenvalue weighted by atomic mass is 10.0. The van der Waals surface area contributed by atoms with Gasteiger partial charge in [0, 0.05) is 0 Å². The van der Waals surface area contributed by atoms with Crippen molar-refractivity contribution in [2.24, 2.45) is 0 Å². The molecule has 0 spiro atoms. The first-order valence-electron chi connectivity index (χ1n) is 5.02. The van der Waals surface area contributed by atoms with Gasteiger partial charge < -0.3 is 18.9 Å². The molecule has 0 amide bonds. The zero-order chi connectivity index (χ0) is 13.7. The summed E-state index contributed by atoms with van der Waals surface area (Å²) in [5.74, 6) is -0.983. The van der Waals surface area contributed by atoms with Gasteiger partial charge in [0.15, 0.2) is 0 Å². The average molecular weight is 254 g/mol. The van der Waals surface area contributed by atoms with Crippen LogP contribution in [0.4, 0.5) is 0 Å². The quantitative estimate of drug-likeness (QED) is 0.754. The van der Waals surface area contributed by atoms with Crippen LogP contribution in [0.25, 0.3) is 0 Å². The van der Waals surface area contributed by atoms with E-state index in [1.165, 1.54) is 40.6 Å². The van der Waals surface area contributed by atoms with Gasteiger partial charge in [-0.2, -0.15) is 0 Å². The molecule has 0 radical (unpaired) electrons. The minimum absolute atomic E-state index is 0.0220. The van der Waals surface area contributed by atoms with Gasteiger partial charge in [-0.1, -0.05) is 0 Å². The molecular formula is C12H14O6. The highest BCUT2D eigenvalue weighted by Gasteiger charge is 2.27. The lowest BCUT2D eigenvalue weighted by molar-refractivity contribution is 0.0549.